The van der Waals surface area contributed by atoms with Gasteiger partial charge in [-0.1, -0.05) is 60.7 Å². The first-order valence-corrected chi connectivity index (χ1v) is 8.90. The first kappa shape index (κ1) is 21.0. The molecule has 0 aromatic heterocycles. The summed E-state index contributed by atoms with van der Waals surface area (Å²) in [7, 11) is 0. The summed E-state index contributed by atoms with van der Waals surface area (Å²) in [5.41, 5.74) is -1.49. The zero-order valence-corrected chi connectivity index (χ0v) is 15.5. The van der Waals surface area contributed by atoms with Gasteiger partial charge in [0.15, 0.2) is 23.3 Å². The molecule has 3 aromatic rings. The van der Waals surface area contributed by atoms with Gasteiger partial charge in [0.05, 0.1) is 0 Å². The fraction of sp³-hybridized carbons (Fsp3) is 0.0909. The van der Waals surface area contributed by atoms with E-state index in [9.17, 15) is 27.2 Å². The molecule has 4 nitrogen and oxygen atoms in total. The number of carbonyl (C=O) groups excluding carboxylic acids is 2. The van der Waals surface area contributed by atoms with Gasteiger partial charge in [0, 0.05) is 13.1 Å². The maximum Gasteiger partial charge on any atom is 0.257 e. The lowest BCUT2D eigenvalue weighted by atomic mass is 10.1. The van der Waals surface area contributed by atoms with E-state index in [1.54, 1.807) is 60.7 Å². The maximum absolute atomic E-state index is 14.8. The van der Waals surface area contributed by atoms with Crippen LogP contribution in [0.25, 0.3) is 0 Å². The summed E-state index contributed by atoms with van der Waals surface area (Å²) in [5, 5.41) is 4.46. The van der Waals surface area contributed by atoms with Gasteiger partial charge in [-0.2, -0.15) is 0 Å². The minimum absolute atomic E-state index is 0.104. The van der Waals surface area contributed by atoms with Crippen LogP contribution in [0.3, 0.4) is 0 Å². The third kappa shape index (κ3) is 4.48. The van der Waals surface area contributed by atoms with E-state index in [0.717, 1.165) is 0 Å². The summed E-state index contributed by atoms with van der Waals surface area (Å²) in [4.78, 5) is 24.5. The van der Waals surface area contributed by atoms with Gasteiger partial charge in [0.2, 0.25) is 0 Å². The fourth-order valence-corrected chi connectivity index (χ4v) is 2.77. The normalized spacial score (nSPS) is 10.5. The number of halogens is 4. The smallest absolute Gasteiger partial charge is 0.257 e. The van der Waals surface area contributed by atoms with Crippen molar-refractivity contribution in [3.8, 4) is 0 Å². The van der Waals surface area contributed by atoms with Crippen molar-refractivity contribution in [2.75, 3.05) is 0 Å². The van der Waals surface area contributed by atoms with Crippen molar-refractivity contribution in [3.63, 3.8) is 0 Å². The second-order valence-corrected chi connectivity index (χ2v) is 6.34. The minimum atomic E-state index is -2.11. The Hall–Kier alpha value is -3.68. The van der Waals surface area contributed by atoms with Crippen molar-refractivity contribution < 1.29 is 27.2 Å². The van der Waals surface area contributed by atoms with Gasteiger partial charge in [-0.25, -0.2) is 17.6 Å². The summed E-state index contributed by atoms with van der Waals surface area (Å²) < 4.78 is 57.1. The molecule has 0 bridgehead atoms. The Morgan fingerprint density at radius 1 is 0.567 bits per heavy atom. The third-order valence-corrected chi connectivity index (χ3v) is 4.31. The highest BCUT2D eigenvalue weighted by molar-refractivity contribution is 6.00. The van der Waals surface area contributed by atoms with E-state index in [4.69, 9.17) is 0 Å². The van der Waals surface area contributed by atoms with Crippen LogP contribution in [-0.4, -0.2) is 11.8 Å². The molecule has 0 saturated carbocycles. The minimum Gasteiger partial charge on any atom is -0.348 e. The van der Waals surface area contributed by atoms with E-state index in [0.29, 0.717) is 11.1 Å². The van der Waals surface area contributed by atoms with E-state index in [2.05, 4.69) is 10.6 Å². The molecule has 0 fully saturated rings. The Bertz CT molecular complexity index is 991. The topological polar surface area (TPSA) is 58.2 Å². The average molecular weight is 416 g/mol. The molecular formula is C22H16F4N2O2. The average Bonchev–Trinajstić information content (AvgIpc) is 2.76. The van der Waals surface area contributed by atoms with Crippen LogP contribution < -0.4 is 10.6 Å². The van der Waals surface area contributed by atoms with Crippen molar-refractivity contribution in [2.24, 2.45) is 0 Å². The largest absolute Gasteiger partial charge is 0.348 e. The number of benzene rings is 3. The molecule has 2 amide bonds. The molecular weight excluding hydrogens is 400 g/mol. The highest BCUT2D eigenvalue weighted by Crippen LogP contribution is 2.24. The maximum atomic E-state index is 14.8. The highest BCUT2D eigenvalue weighted by atomic mass is 19.2. The van der Waals surface area contributed by atoms with Crippen LogP contribution in [0.2, 0.25) is 0 Å². The lowest BCUT2D eigenvalue weighted by Crippen LogP contribution is -2.30. The zero-order chi connectivity index (χ0) is 21.7. The monoisotopic (exact) mass is 416 g/mol. The van der Waals surface area contributed by atoms with E-state index >= 15 is 0 Å². The fourth-order valence-electron chi connectivity index (χ4n) is 2.77. The van der Waals surface area contributed by atoms with Crippen molar-refractivity contribution >= 4 is 11.8 Å². The Labute approximate surface area is 169 Å². The molecule has 0 spiro atoms. The Balaban J connectivity index is 1.86. The molecule has 0 atom stereocenters. The highest BCUT2D eigenvalue weighted by Gasteiger charge is 2.32. The first-order chi connectivity index (χ1) is 14.4. The van der Waals surface area contributed by atoms with Gasteiger partial charge in [-0.05, 0) is 11.1 Å². The van der Waals surface area contributed by atoms with Crippen molar-refractivity contribution in [1.82, 2.24) is 10.6 Å². The Morgan fingerprint density at radius 2 is 0.933 bits per heavy atom. The quantitative estimate of drug-likeness (QED) is 0.361. The number of hydrogen-bond acceptors (Lipinski definition) is 2. The number of amides is 2. The lowest BCUT2D eigenvalue weighted by molar-refractivity contribution is 0.0934. The summed E-state index contributed by atoms with van der Waals surface area (Å²) in [6, 6.07) is 16.8. The molecule has 0 unspecified atom stereocenters. The SMILES string of the molecule is O=C(NCc1ccccc1)c1c(F)c(F)c(F)c(C(=O)NCc2ccccc2)c1F. The first-order valence-electron chi connectivity index (χ1n) is 8.90. The molecule has 8 heteroatoms. The van der Waals surface area contributed by atoms with Crippen molar-refractivity contribution in [1.29, 1.82) is 0 Å². The predicted octanol–water partition coefficient (Wildman–Crippen LogP) is 4.10. The third-order valence-electron chi connectivity index (χ3n) is 4.31. The Morgan fingerprint density at radius 3 is 1.30 bits per heavy atom. The number of rotatable bonds is 6. The lowest BCUT2D eigenvalue weighted by Gasteiger charge is -2.13. The van der Waals surface area contributed by atoms with E-state index in [1.807, 2.05) is 0 Å². The summed E-state index contributed by atoms with van der Waals surface area (Å²) in [6.45, 7) is -0.208. The molecule has 0 radical (unpaired) electrons. The molecule has 3 rings (SSSR count). The number of carbonyl (C=O) groups is 2. The van der Waals surface area contributed by atoms with E-state index < -0.39 is 46.2 Å². The van der Waals surface area contributed by atoms with Crippen molar-refractivity contribution in [3.05, 3.63) is 106 Å². The van der Waals surface area contributed by atoms with Gasteiger partial charge in [0.25, 0.3) is 11.8 Å². The molecule has 0 aliphatic rings. The van der Waals surface area contributed by atoms with Crippen LogP contribution in [-0.2, 0) is 13.1 Å². The zero-order valence-electron chi connectivity index (χ0n) is 15.5. The number of hydrogen-bond donors (Lipinski definition) is 2. The predicted molar refractivity (Wildman–Crippen MR) is 101 cm³/mol. The van der Waals surface area contributed by atoms with Crippen LogP contribution in [0.15, 0.2) is 60.7 Å². The van der Waals surface area contributed by atoms with Gasteiger partial charge in [0.1, 0.15) is 11.1 Å². The van der Waals surface area contributed by atoms with Gasteiger partial charge >= 0.3 is 0 Å². The van der Waals surface area contributed by atoms with Crippen LogP contribution in [0.4, 0.5) is 17.6 Å². The van der Waals surface area contributed by atoms with Crippen LogP contribution >= 0.6 is 0 Å². The summed E-state index contributed by atoms with van der Waals surface area (Å²) in [5.74, 6) is -10.5. The molecule has 30 heavy (non-hydrogen) atoms. The van der Waals surface area contributed by atoms with Crippen molar-refractivity contribution in [2.45, 2.75) is 13.1 Å². The van der Waals surface area contributed by atoms with E-state index in [-0.39, 0.29) is 13.1 Å². The summed E-state index contributed by atoms with van der Waals surface area (Å²) in [6.07, 6.45) is 0. The second-order valence-electron chi connectivity index (χ2n) is 6.34. The van der Waals surface area contributed by atoms with Gasteiger partial charge in [-0.15, -0.1) is 0 Å². The molecule has 0 aliphatic carbocycles. The van der Waals surface area contributed by atoms with Gasteiger partial charge < -0.3 is 10.6 Å². The molecule has 3 aromatic carbocycles. The Kier molecular flexibility index (Phi) is 6.46. The number of nitrogens with one attached hydrogen (secondary N) is 2. The summed E-state index contributed by atoms with van der Waals surface area (Å²) >= 11 is 0. The van der Waals surface area contributed by atoms with Crippen LogP contribution in [0, 0.1) is 23.3 Å². The van der Waals surface area contributed by atoms with Crippen LogP contribution in [0.1, 0.15) is 31.8 Å². The van der Waals surface area contributed by atoms with Crippen LogP contribution in [0.5, 0.6) is 0 Å². The standard InChI is InChI=1S/C22H16F4N2O2/c23-17-15(21(29)27-11-13-7-3-1-4-8-13)18(24)20(26)19(25)16(17)22(30)28-12-14-9-5-2-6-10-14/h1-10H,11-12H2,(H,27,29)(H,28,30). The molecule has 154 valence electrons. The molecule has 0 aliphatic heterocycles. The molecule has 0 heterocycles. The van der Waals surface area contributed by atoms with E-state index in [1.165, 1.54) is 0 Å². The van der Waals surface area contributed by atoms with Gasteiger partial charge in [-0.3, -0.25) is 9.59 Å². The second kappa shape index (κ2) is 9.21. The molecule has 0 saturated heterocycles. The molecule has 2 N–H and O–H groups in total.